The zero-order valence-corrected chi connectivity index (χ0v) is 8.93. The fourth-order valence-electron chi connectivity index (χ4n) is 1.57. The minimum absolute atomic E-state index is 0.302. The average Bonchev–Trinajstić information content (AvgIpc) is 2.59. The lowest BCUT2D eigenvalue weighted by Crippen LogP contribution is -2.29. The van der Waals surface area contributed by atoms with Crippen LogP contribution in [-0.4, -0.2) is 11.8 Å². The van der Waals surface area contributed by atoms with Gasteiger partial charge in [-0.25, -0.2) is 4.90 Å². The summed E-state index contributed by atoms with van der Waals surface area (Å²) in [5, 5.41) is 0. The summed E-state index contributed by atoms with van der Waals surface area (Å²) in [6.07, 6.45) is 2.55. The Morgan fingerprint density at radius 3 is 2.38 bits per heavy atom. The van der Waals surface area contributed by atoms with Gasteiger partial charge in [0.2, 0.25) is 0 Å². The number of benzene rings is 1. The Bertz CT molecular complexity index is 496. The average molecular weight is 213 g/mol. The predicted molar refractivity (Wildman–Crippen MR) is 62.8 cm³/mol. The van der Waals surface area contributed by atoms with Gasteiger partial charge in [-0.1, -0.05) is 24.3 Å². The fourth-order valence-corrected chi connectivity index (χ4v) is 1.57. The number of hydrogen-bond donors (Lipinski definition) is 0. The first kappa shape index (κ1) is 10.4. The van der Waals surface area contributed by atoms with Crippen molar-refractivity contribution < 1.29 is 9.59 Å². The van der Waals surface area contributed by atoms with Crippen LogP contribution in [0.3, 0.4) is 0 Å². The number of carbonyl (C=O) groups excluding carboxylic acids is 2. The van der Waals surface area contributed by atoms with Crippen molar-refractivity contribution in [2.75, 3.05) is 4.90 Å². The molecule has 1 aromatic carbocycles. The third-order valence-corrected chi connectivity index (χ3v) is 2.41. The minimum Gasteiger partial charge on any atom is -0.269 e. The van der Waals surface area contributed by atoms with Crippen LogP contribution in [0.1, 0.15) is 12.5 Å². The summed E-state index contributed by atoms with van der Waals surface area (Å²) in [6.45, 7) is 5.71. The zero-order valence-electron chi connectivity index (χ0n) is 8.93. The highest BCUT2D eigenvalue weighted by Gasteiger charge is 2.24. The Morgan fingerprint density at radius 2 is 1.81 bits per heavy atom. The van der Waals surface area contributed by atoms with Crippen LogP contribution < -0.4 is 4.90 Å². The molecule has 0 aliphatic carbocycles. The molecule has 0 aromatic heterocycles. The van der Waals surface area contributed by atoms with Gasteiger partial charge in [-0.3, -0.25) is 9.59 Å². The van der Waals surface area contributed by atoms with Crippen LogP contribution in [0.15, 0.2) is 43.0 Å². The van der Waals surface area contributed by atoms with Crippen molar-refractivity contribution >= 4 is 23.1 Å². The van der Waals surface area contributed by atoms with Crippen molar-refractivity contribution in [2.24, 2.45) is 0 Å². The second-order valence-corrected chi connectivity index (χ2v) is 3.68. The van der Waals surface area contributed by atoms with E-state index in [1.807, 2.05) is 13.0 Å². The van der Waals surface area contributed by atoms with E-state index in [2.05, 4.69) is 6.58 Å². The van der Waals surface area contributed by atoms with Gasteiger partial charge in [0.05, 0.1) is 5.69 Å². The lowest BCUT2D eigenvalue weighted by Gasteiger charge is -2.14. The van der Waals surface area contributed by atoms with Crippen LogP contribution >= 0.6 is 0 Å². The highest BCUT2D eigenvalue weighted by atomic mass is 16.2. The van der Waals surface area contributed by atoms with E-state index in [0.717, 1.165) is 16.0 Å². The lowest BCUT2D eigenvalue weighted by atomic mass is 10.1. The SMILES string of the molecule is C=C(C)c1cccc(N2C(=O)C=CC2=O)c1. The van der Waals surface area contributed by atoms with E-state index in [-0.39, 0.29) is 11.8 Å². The smallest absolute Gasteiger partial charge is 0.258 e. The Morgan fingerprint density at radius 1 is 1.19 bits per heavy atom. The molecule has 1 aliphatic rings. The quantitative estimate of drug-likeness (QED) is 0.706. The molecule has 3 nitrogen and oxygen atoms in total. The Labute approximate surface area is 93.7 Å². The van der Waals surface area contributed by atoms with Crippen molar-refractivity contribution in [1.82, 2.24) is 0 Å². The van der Waals surface area contributed by atoms with Crippen LogP contribution in [-0.2, 0) is 9.59 Å². The zero-order chi connectivity index (χ0) is 11.7. The third-order valence-electron chi connectivity index (χ3n) is 2.41. The molecule has 0 atom stereocenters. The van der Waals surface area contributed by atoms with Gasteiger partial charge >= 0.3 is 0 Å². The standard InChI is InChI=1S/C13H11NO2/c1-9(2)10-4-3-5-11(8-10)14-12(15)6-7-13(14)16/h3-8H,1H2,2H3. The fraction of sp³-hybridized carbons (Fsp3) is 0.0769. The number of nitrogens with zero attached hydrogens (tertiary/aromatic N) is 1. The van der Waals surface area contributed by atoms with Crippen molar-refractivity contribution in [2.45, 2.75) is 6.92 Å². The number of imide groups is 1. The molecule has 1 aliphatic heterocycles. The topological polar surface area (TPSA) is 37.4 Å². The molecule has 1 heterocycles. The van der Waals surface area contributed by atoms with Gasteiger partial charge in [-0.2, -0.15) is 0 Å². The second kappa shape index (κ2) is 3.77. The molecule has 1 aromatic rings. The van der Waals surface area contributed by atoms with Crippen molar-refractivity contribution in [3.63, 3.8) is 0 Å². The number of anilines is 1. The highest BCUT2D eigenvalue weighted by Crippen LogP contribution is 2.22. The highest BCUT2D eigenvalue weighted by molar-refractivity contribution is 6.28. The molecule has 0 fully saturated rings. The summed E-state index contributed by atoms with van der Waals surface area (Å²) < 4.78 is 0. The van der Waals surface area contributed by atoms with Gasteiger partial charge in [0.15, 0.2) is 0 Å². The Hall–Kier alpha value is -2.16. The molecule has 0 bridgehead atoms. The van der Waals surface area contributed by atoms with E-state index in [1.54, 1.807) is 18.2 Å². The summed E-state index contributed by atoms with van der Waals surface area (Å²) in [5.41, 5.74) is 2.40. The first-order valence-corrected chi connectivity index (χ1v) is 4.91. The Kier molecular flexibility index (Phi) is 2.44. The normalized spacial score (nSPS) is 14.7. The van der Waals surface area contributed by atoms with E-state index in [9.17, 15) is 9.59 Å². The van der Waals surface area contributed by atoms with Gasteiger partial charge < -0.3 is 0 Å². The monoisotopic (exact) mass is 213 g/mol. The molecule has 2 amide bonds. The maximum absolute atomic E-state index is 11.5. The van der Waals surface area contributed by atoms with E-state index in [4.69, 9.17) is 0 Å². The maximum atomic E-state index is 11.5. The molecular formula is C13H11NO2. The van der Waals surface area contributed by atoms with Gasteiger partial charge in [0.25, 0.3) is 11.8 Å². The first-order valence-electron chi connectivity index (χ1n) is 4.91. The van der Waals surface area contributed by atoms with Crippen LogP contribution in [0.25, 0.3) is 5.57 Å². The number of allylic oxidation sites excluding steroid dienone is 1. The van der Waals surface area contributed by atoms with Crippen LogP contribution in [0.5, 0.6) is 0 Å². The molecule has 80 valence electrons. The predicted octanol–water partition coefficient (Wildman–Crippen LogP) is 2.15. The molecule has 0 radical (unpaired) electrons. The van der Waals surface area contributed by atoms with Gasteiger partial charge in [-0.05, 0) is 24.6 Å². The van der Waals surface area contributed by atoms with E-state index in [1.165, 1.54) is 12.2 Å². The first-order chi connectivity index (χ1) is 7.59. The molecule has 0 spiro atoms. The molecular weight excluding hydrogens is 202 g/mol. The summed E-state index contributed by atoms with van der Waals surface area (Å²) in [7, 11) is 0. The van der Waals surface area contributed by atoms with Crippen molar-refractivity contribution in [1.29, 1.82) is 0 Å². The van der Waals surface area contributed by atoms with Gasteiger partial charge in [-0.15, -0.1) is 0 Å². The summed E-state index contributed by atoms with van der Waals surface area (Å²) in [6, 6.07) is 7.21. The van der Waals surface area contributed by atoms with Crippen molar-refractivity contribution in [3.8, 4) is 0 Å². The second-order valence-electron chi connectivity index (χ2n) is 3.68. The Balaban J connectivity index is 2.41. The number of hydrogen-bond acceptors (Lipinski definition) is 2. The molecule has 2 rings (SSSR count). The number of rotatable bonds is 2. The maximum Gasteiger partial charge on any atom is 0.258 e. The van der Waals surface area contributed by atoms with E-state index < -0.39 is 0 Å². The van der Waals surface area contributed by atoms with Crippen LogP contribution in [0.4, 0.5) is 5.69 Å². The molecule has 0 saturated heterocycles. The molecule has 16 heavy (non-hydrogen) atoms. The number of amides is 2. The largest absolute Gasteiger partial charge is 0.269 e. The van der Waals surface area contributed by atoms with Crippen LogP contribution in [0.2, 0.25) is 0 Å². The van der Waals surface area contributed by atoms with E-state index >= 15 is 0 Å². The van der Waals surface area contributed by atoms with Gasteiger partial charge in [0.1, 0.15) is 0 Å². The molecule has 0 saturated carbocycles. The summed E-state index contributed by atoms with van der Waals surface area (Å²) >= 11 is 0. The van der Waals surface area contributed by atoms with E-state index in [0.29, 0.717) is 5.69 Å². The molecule has 3 heteroatoms. The number of carbonyl (C=O) groups is 2. The van der Waals surface area contributed by atoms with Crippen LogP contribution in [0, 0.1) is 0 Å². The van der Waals surface area contributed by atoms with Crippen molar-refractivity contribution in [3.05, 3.63) is 48.6 Å². The molecule has 0 unspecified atom stereocenters. The lowest BCUT2D eigenvalue weighted by molar-refractivity contribution is -0.119. The third kappa shape index (κ3) is 1.67. The summed E-state index contributed by atoms with van der Waals surface area (Å²) in [4.78, 5) is 24.1. The van der Waals surface area contributed by atoms with Gasteiger partial charge in [0, 0.05) is 12.2 Å². The summed E-state index contributed by atoms with van der Waals surface area (Å²) in [5.74, 6) is -0.604. The minimum atomic E-state index is -0.302. The molecule has 0 N–H and O–H groups in total.